The summed E-state index contributed by atoms with van der Waals surface area (Å²) in [6.07, 6.45) is 4.14. The van der Waals surface area contributed by atoms with Crippen molar-refractivity contribution in [1.29, 1.82) is 0 Å². The van der Waals surface area contributed by atoms with Gasteiger partial charge in [-0.05, 0) is 30.5 Å². The van der Waals surface area contributed by atoms with Gasteiger partial charge in [0.25, 0.3) is 0 Å². The summed E-state index contributed by atoms with van der Waals surface area (Å²) >= 11 is 0. The van der Waals surface area contributed by atoms with Gasteiger partial charge >= 0.3 is 5.97 Å². The largest absolute Gasteiger partial charge is 0.465 e. The van der Waals surface area contributed by atoms with Crippen LogP contribution in [-0.2, 0) is 14.8 Å². The number of carbonyl (C=O) groups excluding carboxylic acids is 1. The molecule has 5 nitrogen and oxygen atoms in total. The molecule has 22 heavy (non-hydrogen) atoms. The second-order valence-electron chi connectivity index (χ2n) is 5.29. The van der Waals surface area contributed by atoms with Crippen molar-refractivity contribution in [3.05, 3.63) is 29.8 Å². The van der Waals surface area contributed by atoms with Crippen LogP contribution in [0, 0.1) is 5.92 Å². The summed E-state index contributed by atoms with van der Waals surface area (Å²) < 4.78 is 31.9. The standard InChI is InChI=1S/C16H25NO4S/c1-4-6-8-13(5-2)12-17-22(19,20)15-10-7-9-14(11-15)16(18)21-3/h7,9-11,13,17H,4-6,8,12H2,1-3H3/t13-/m0/s1. The Kier molecular flexibility index (Phi) is 7.55. The van der Waals surface area contributed by atoms with Crippen LogP contribution in [0.4, 0.5) is 0 Å². The summed E-state index contributed by atoms with van der Waals surface area (Å²) in [5.41, 5.74) is 0.225. The molecule has 0 saturated heterocycles. The molecule has 0 aliphatic rings. The average Bonchev–Trinajstić information content (AvgIpc) is 2.54. The minimum atomic E-state index is -3.61. The normalized spacial score (nSPS) is 12.9. The molecule has 1 aromatic rings. The molecule has 6 heteroatoms. The number of esters is 1. The van der Waals surface area contributed by atoms with Crippen LogP contribution in [0.1, 0.15) is 49.9 Å². The van der Waals surface area contributed by atoms with Gasteiger partial charge in [0.1, 0.15) is 0 Å². The van der Waals surface area contributed by atoms with Crippen LogP contribution in [0.3, 0.4) is 0 Å². The van der Waals surface area contributed by atoms with E-state index in [2.05, 4.69) is 23.3 Å². The summed E-state index contributed by atoms with van der Waals surface area (Å²) in [6, 6.07) is 5.87. The van der Waals surface area contributed by atoms with Gasteiger partial charge in [0, 0.05) is 6.54 Å². The Bertz CT molecular complexity index is 584. The van der Waals surface area contributed by atoms with Crippen molar-refractivity contribution in [2.24, 2.45) is 5.92 Å². The van der Waals surface area contributed by atoms with Crippen LogP contribution in [0.25, 0.3) is 0 Å². The minimum absolute atomic E-state index is 0.0840. The fourth-order valence-corrected chi connectivity index (χ4v) is 3.32. The summed E-state index contributed by atoms with van der Waals surface area (Å²) in [4.78, 5) is 11.6. The number of ether oxygens (including phenoxy) is 1. The van der Waals surface area contributed by atoms with E-state index >= 15 is 0 Å². The monoisotopic (exact) mass is 327 g/mol. The number of unbranched alkanes of at least 4 members (excludes halogenated alkanes) is 1. The Morgan fingerprint density at radius 1 is 1.32 bits per heavy atom. The Balaban J connectivity index is 2.79. The van der Waals surface area contributed by atoms with Gasteiger partial charge in [-0.25, -0.2) is 17.9 Å². The number of nitrogens with one attached hydrogen (secondary N) is 1. The van der Waals surface area contributed by atoms with Crippen LogP contribution in [0.15, 0.2) is 29.2 Å². The van der Waals surface area contributed by atoms with E-state index < -0.39 is 16.0 Å². The smallest absolute Gasteiger partial charge is 0.337 e. The highest BCUT2D eigenvalue weighted by atomic mass is 32.2. The van der Waals surface area contributed by atoms with Gasteiger partial charge in [0.15, 0.2) is 0 Å². The molecule has 1 aromatic carbocycles. The van der Waals surface area contributed by atoms with Crippen LogP contribution < -0.4 is 4.72 Å². The average molecular weight is 327 g/mol. The van der Waals surface area contributed by atoms with E-state index in [1.165, 1.54) is 31.4 Å². The van der Waals surface area contributed by atoms with Gasteiger partial charge in [-0.2, -0.15) is 0 Å². The van der Waals surface area contributed by atoms with Crippen molar-refractivity contribution >= 4 is 16.0 Å². The fraction of sp³-hybridized carbons (Fsp3) is 0.562. The molecule has 0 unspecified atom stereocenters. The molecule has 0 fully saturated rings. The van der Waals surface area contributed by atoms with Crippen LogP contribution in [0.5, 0.6) is 0 Å². The first-order valence-corrected chi connectivity index (χ1v) is 9.11. The van der Waals surface area contributed by atoms with Crippen molar-refractivity contribution in [2.45, 2.75) is 44.4 Å². The zero-order chi connectivity index (χ0) is 16.6. The first kappa shape index (κ1) is 18.6. The highest BCUT2D eigenvalue weighted by molar-refractivity contribution is 7.89. The molecule has 0 heterocycles. The summed E-state index contributed by atoms with van der Waals surface area (Å²) in [5, 5.41) is 0. The lowest BCUT2D eigenvalue weighted by molar-refractivity contribution is 0.0600. The van der Waals surface area contributed by atoms with Crippen LogP contribution in [0.2, 0.25) is 0 Å². The Morgan fingerprint density at radius 3 is 2.64 bits per heavy atom. The van der Waals surface area contributed by atoms with E-state index in [4.69, 9.17) is 0 Å². The number of hydrogen-bond acceptors (Lipinski definition) is 4. The quantitative estimate of drug-likeness (QED) is 0.708. The van der Waals surface area contributed by atoms with Crippen molar-refractivity contribution in [1.82, 2.24) is 4.72 Å². The van der Waals surface area contributed by atoms with E-state index in [9.17, 15) is 13.2 Å². The molecule has 0 aromatic heterocycles. The number of methoxy groups -OCH3 is 1. The molecule has 124 valence electrons. The molecule has 0 aliphatic heterocycles. The second-order valence-corrected chi connectivity index (χ2v) is 7.05. The number of hydrogen-bond donors (Lipinski definition) is 1. The maximum absolute atomic E-state index is 12.3. The molecular weight excluding hydrogens is 302 g/mol. The maximum atomic E-state index is 12.3. The van der Waals surface area contributed by atoms with Crippen molar-refractivity contribution in [3.63, 3.8) is 0 Å². The van der Waals surface area contributed by atoms with E-state index in [1.807, 2.05) is 0 Å². The van der Waals surface area contributed by atoms with Crippen molar-refractivity contribution < 1.29 is 17.9 Å². The Labute approximate surface area is 133 Å². The lowest BCUT2D eigenvalue weighted by Gasteiger charge is -2.15. The molecule has 0 radical (unpaired) electrons. The number of rotatable bonds is 9. The highest BCUT2D eigenvalue weighted by Gasteiger charge is 2.18. The van der Waals surface area contributed by atoms with E-state index in [1.54, 1.807) is 0 Å². The van der Waals surface area contributed by atoms with Crippen molar-refractivity contribution in [2.75, 3.05) is 13.7 Å². The Hall–Kier alpha value is -1.40. The summed E-state index contributed by atoms with van der Waals surface area (Å²) in [7, 11) is -2.35. The van der Waals surface area contributed by atoms with Gasteiger partial charge in [-0.3, -0.25) is 0 Å². The Morgan fingerprint density at radius 2 is 2.05 bits per heavy atom. The SMILES string of the molecule is CCCC[C@H](CC)CNS(=O)(=O)c1cccc(C(=O)OC)c1. The van der Waals surface area contributed by atoms with Crippen LogP contribution in [-0.4, -0.2) is 28.0 Å². The van der Waals surface area contributed by atoms with Gasteiger partial charge in [-0.15, -0.1) is 0 Å². The molecule has 0 saturated carbocycles. The zero-order valence-corrected chi connectivity index (χ0v) is 14.3. The van der Waals surface area contributed by atoms with Gasteiger partial charge in [-0.1, -0.05) is 39.2 Å². The van der Waals surface area contributed by atoms with Gasteiger partial charge in [0.05, 0.1) is 17.6 Å². The second kappa shape index (κ2) is 8.90. The van der Waals surface area contributed by atoms with Gasteiger partial charge in [0.2, 0.25) is 10.0 Å². The van der Waals surface area contributed by atoms with Crippen molar-refractivity contribution in [3.8, 4) is 0 Å². The number of sulfonamides is 1. The molecule has 0 spiro atoms. The molecule has 1 rings (SSSR count). The summed E-state index contributed by atoms with van der Waals surface area (Å²) in [6.45, 7) is 4.60. The maximum Gasteiger partial charge on any atom is 0.337 e. The lowest BCUT2D eigenvalue weighted by Crippen LogP contribution is -2.29. The third kappa shape index (κ3) is 5.42. The fourth-order valence-electron chi connectivity index (χ4n) is 2.16. The lowest BCUT2D eigenvalue weighted by atomic mass is 10.00. The molecule has 1 atom stereocenters. The van der Waals surface area contributed by atoms with Gasteiger partial charge < -0.3 is 4.74 Å². The molecule has 0 bridgehead atoms. The van der Waals surface area contributed by atoms with E-state index in [-0.39, 0.29) is 10.5 Å². The third-order valence-corrected chi connectivity index (χ3v) is 5.09. The first-order valence-electron chi connectivity index (χ1n) is 7.62. The first-order chi connectivity index (χ1) is 10.4. The predicted molar refractivity (Wildman–Crippen MR) is 86.3 cm³/mol. The summed E-state index contributed by atoms with van der Waals surface area (Å²) in [5.74, 6) is -0.218. The number of carbonyl (C=O) groups is 1. The van der Waals surface area contributed by atoms with E-state index in [0.717, 1.165) is 25.7 Å². The molecule has 1 N–H and O–H groups in total. The molecular formula is C16H25NO4S. The minimum Gasteiger partial charge on any atom is -0.465 e. The molecule has 0 aliphatic carbocycles. The highest BCUT2D eigenvalue weighted by Crippen LogP contribution is 2.15. The predicted octanol–water partition coefficient (Wildman–Crippen LogP) is 2.97. The topological polar surface area (TPSA) is 72.5 Å². The molecule has 0 amide bonds. The number of benzene rings is 1. The zero-order valence-electron chi connectivity index (χ0n) is 13.5. The van der Waals surface area contributed by atoms with Crippen LogP contribution >= 0.6 is 0 Å². The van der Waals surface area contributed by atoms with E-state index in [0.29, 0.717) is 12.5 Å². The third-order valence-electron chi connectivity index (χ3n) is 3.67.